The quantitative estimate of drug-likeness (QED) is 0.857. The molecule has 1 N–H and O–H groups in total. The van der Waals surface area contributed by atoms with Crippen LogP contribution in [0.3, 0.4) is 0 Å². The first kappa shape index (κ1) is 14.1. The van der Waals surface area contributed by atoms with Crippen molar-refractivity contribution >= 4 is 5.91 Å². The van der Waals surface area contributed by atoms with Crippen LogP contribution in [0.1, 0.15) is 54.9 Å². The van der Waals surface area contributed by atoms with Crippen LogP contribution < -0.4 is 0 Å². The summed E-state index contributed by atoms with van der Waals surface area (Å²) in [5, 5.41) is 7.20. The van der Waals surface area contributed by atoms with Gasteiger partial charge in [-0.1, -0.05) is 20.3 Å². The normalized spacial score (nSPS) is 14.2. The summed E-state index contributed by atoms with van der Waals surface area (Å²) in [7, 11) is 0. The van der Waals surface area contributed by atoms with E-state index in [1.165, 1.54) is 0 Å². The highest BCUT2D eigenvalue weighted by molar-refractivity contribution is 5.94. The molecule has 0 unspecified atom stereocenters. The Labute approximate surface area is 114 Å². The summed E-state index contributed by atoms with van der Waals surface area (Å²) in [6.45, 7) is 7.04. The van der Waals surface area contributed by atoms with Crippen LogP contribution in [0.2, 0.25) is 0 Å². The number of carbonyl (C=O) groups excluding carboxylic acids is 1. The second kappa shape index (κ2) is 6.70. The van der Waals surface area contributed by atoms with Gasteiger partial charge in [0.1, 0.15) is 0 Å². The largest absolute Gasteiger partial charge is 0.376 e. The standard InChI is InChI=1S/C14H23N3O2/c1-3-5-8-17(7-4-2)14(18)13-11-10-19-9-6-12(11)15-16-13/h3-10H2,1-2H3,(H,15,16). The van der Waals surface area contributed by atoms with E-state index in [1.807, 2.05) is 4.90 Å². The summed E-state index contributed by atoms with van der Waals surface area (Å²) in [5.74, 6) is 0.0401. The Hall–Kier alpha value is -1.36. The number of carbonyl (C=O) groups is 1. The molecule has 1 aliphatic heterocycles. The van der Waals surface area contributed by atoms with Gasteiger partial charge >= 0.3 is 0 Å². The minimum absolute atomic E-state index is 0.0401. The summed E-state index contributed by atoms with van der Waals surface area (Å²) < 4.78 is 5.44. The number of aromatic amines is 1. The zero-order valence-electron chi connectivity index (χ0n) is 11.9. The topological polar surface area (TPSA) is 58.2 Å². The van der Waals surface area contributed by atoms with Gasteiger partial charge in [0, 0.05) is 30.8 Å². The molecule has 1 aromatic rings. The second-order valence-electron chi connectivity index (χ2n) is 4.98. The molecule has 0 radical (unpaired) electrons. The molecule has 0 aliphatic carbocycles. The first-order valence-corrected chi connectivity index (χ1v) is 7.21. The molecule has 0 fully saturated rings. The number of nitrogens with one attached hydrogen (secondary N) is 1. The molecule has 1 amide bonds. The molecule has 0 atom stereocenters. The third-order valence-electron chi connectivity index (χ3n) is 3.46. The van der Waals surface area contributed by atoms with Crippen LogP contribution in [0.15, 0.2) is 0 Å². The highest BCUT2D eigenvalue weighted by Crippen LogP contribution is 2.19. The Kier molecular flexibility index (Phi) is 4.96. The fraction of sp³-hybridized carbons (Fsp3) is 0.714. The summed E-state index contributed by atoms with van der Waals surface area (Å²) in [4.78, 5) is 14.5. The first-order valence-electron chi connectivity index (χ1n) is 7.21. The molecule has 106 valence electrons. The Balaban J connectivity index is 2.14. The molecule has 5 heteroatoms. The highest BCUT2D eigenvalue weighted by Gasteiger charge is 2.25. The van der Waals surface area contributed by atoms with Gasteiger partial charge < -0.3 is 9.64 Å². The summed E-state index contributed by atoms with van der Waals surface area (Å²) in [5.41, 5.74) is 2.56. The monoisotopic (exact) mass is 265 g/mol. The predicted molar refractivity (Wildman–Crippen MR) is 73.1 cm³/mol. The van der Waals surface area contributed by atoms with Crippen LogP contribution in [-0.2, 0) is 17.8 Å². The SMILES string of the molecule is CCCCN(CCC)C(=O)c1n[nH]c2c1COCC2. The lowest BCUT2D eigenvalue weighted by Crippen LogP contribution is -2.33. The average Bonchev–Trinajstić information content (AvgIpc) is 2.86. The number of amides is 1. The third kappa shape index (κ3) is 3.15. The van der Waals surface area contributed by atoms with Gasteiger partial charge in [0.2, 0.25) is 0 Å². The van der Waals surface area contributed by atoms with Gasteiger partial charge in [-0.2, -0.15) is 5.10 Å². The summed E-state index contributed by atoms with van der Waals surface area (Å²) >= 11 is 0. The number of aromatic nitrogens is 2. The molecule has 0 saturated carbocycles. The number of nitrogens with zero attached hydrogens (tertiary/aromatic N) is 2. The minimum Gasteiger partial charge on any atom is -0.376 e. The fourth-order valence-corrected chi connectivity index (χ4v) is 2.37. The van der Waals surface area contributed by atoms with Crippen LogP contribution in [0.5, 0.6) is 0 Å². The maximum Gasteiger partial charge on any atom is 0.274 e. The van der Waals surface area contributed by atoms with Crippen molar-refractivity contribution in [2.75, 3.05) is 19.7 Å². The molecule has 2 rings (SSSR count). The lowest BCUT2D eigenvalue weighted by atomic mass is 10.1. The van der Waals surface area contributed by atoms with Crippen LogP contribution >= 0.6 is 0 Å². The average molecular weight is 265 g/mol. The third-order valence-corrected chi connectivity index (χ3v) is 3.46. The number of hydrogen-bond donors (Lipinski definition) is 1. The Morgan fingerprint density at radius 1 is 1.37 bits per heavy atom. The van der Waals surface area contributed by atoms with Gasteiger partial charge in [-0.15, -0.1) is 0 Å². The lowest BCUT2D eigenvalue weighted by molar-refractivity contribution is 0.0734. The maximum absolute atomic E-state index is 12.6. The molecule has 5 nitrogen and oxygen atoms in total. The van der Waals surface area contributed by atoms with E-state index in [2.05, 4.69) is 24.0 Å². The van der Waals surface area contributed by atoms with Gasteiger partial charge in [-0.25, -0.2) is 0 Å². The van der Waals surface area contributed by atoms with Crippen LogP contribution in [0.4, 0.5) is 0 Å². The van der Waals surface area contributed by atoms with E-state index in [9.17, 15) is 4.79 Å². The lowest BCUT2D eigenvalue weighted by Gasteiger charge is -2.22. The van der Waals surface area contributed by atoms with E-state index in [4.69, 9.17) is 4.74 Å². The van der Waals surface area contributed by atoms with Crippen LogP contribution in [0, 0.1) is 0 Å². The molecule has 19 heavy (non-hydrogen) atoms. The molecular formula is C14H23N3O2. The molecule has 0 spiro atoms. The van der Waals surface area contributed by atoms with Crippen molar-refractivity contribution in [2.45, 2.75) is 46.1 Å². The minimum atomic E-state index is 0.0401. The molecule has 1 aliphatic rings. The van der Waals surface area contributed by atoms with E-state index in [1.54, 1.807) is 0 Å². The first-order chi connectivity index (χ1) is 9.27. The van der Waals surface area contributed by atoms with Crippen molar-refractivity contribution in [3.05, 3.63) is 17.0 Å². The Morgan fingerprint density at radius 2 is 2.21 bits per heavy atom. The predicted octanol–water partition coefficient (Wildman–Crippen LogP) is 2.13. The van der Waals surface area contributed by atoms with Crippen molar-refractivity contribution in [3.63, 3.8) is 0 Å². The van der Waals surface area contributed by atoms with Crippen molar-refractivity contribution in [2.24, 2.45) is 0 Å². The van der Waals surface area contributed by atoms with E-state index < -0.39 is 0 Å². The molecule has 2 heterocycles. The van der Waals surface area contributed by atoms with E-state index in [0.717, 1.165) is 50.0 Å². The Morgan fingerprint density at radius 3 is 2.95 bits per heavy atom. The van der Waals surface area contributed by atoms with Crippen LogP contribution in [-0.4, -0.2) is 40.7 Å². The number of unbranched alkanes of at least 4 members (excludes halogenated alkanes) is 1. The van der Waals surface area contributed by atoms with Crippen molar-refractivity contribution in [1.82, 2.24) is 15.1 Å². The van der Waals surface area contributed by atoms with E-state index >= 15 is 0 Å². The van der Waals surface area contributed by atoms with E-state index in [-0.39, 0.29) is 5.91 Å². The summed E-state index contributed by atoms with van der Waals surface area (Å²) in [6.07, 6.45) is 3.92. The molecule has 0 aromatic carbocycles. The Bertz CT molecular complexity index is 428. The highest BCUT2D eigenvalue weighted by atomic mass is 16.5. The molecule has 1 aromatic heterocycles. The smallest absolute Gasteiger partial charge is 0.274 e. The van der Waals surface area contributed by atoms with Crippen molar-refractivity contribution < 1.29 is 9.53 Å². The zero-order valence-corrected chi connectivity index (χ0v) is 11.9. The van der Waals surface area contributed by atoms with Gasteiger partial charge in [0.25, 0.3) is 5.91 Å². The molecular weight excluding hydrogens is 242 g/mol. The zero-order chi connectivity index (χ0) is 13.7. The molecule has 0 bridgehead atoms. The number of H-pyrrole nitrogens is 1. The second-order valence-corrected chi connectivity index (χ2v) is 4.98. The van der Waals surface area contributed by atoms with Gasteiger partial charge in [0.05, 0.1) is 13.2 Å². The van der Waals surface area contributed by atoms with Crippen molar-refractivity contribution in [1.29, 1.82) is 0 Å². The van der Waals surface area contributed by atoms with E-state index in [0.29, 0.717) is 18.9 Å². The number of fused-ring (bicyclic) bond motifs is 1. The number of hydrogen-bond acceptors (Lipinski definition) is 3. The molecule has 0 saturated heterocycles. The van der Waals surface area contributed by atoms with Crippen molar-refractivity contribution in [3.8, 4) is 0 Å². The van der Waals surface area contributed by atoms with Gasteiger partial charge in [0.15, 0.2) is 5.69 Å². The maximum atomic E-state index is 12.6. The van der Waals surface area contributed by atoms with Gasteiger partial charge in [-0.3, -0.25) is 9.89 Å². The van der Waals surface area contributed by atoms with Crippen LogP contribution in [0.25, 0.3) is 0 Å². The fourth-order valence-electron chi connectivity index (χ4n) is 2.37. The number of rotatable bonds is 6. The number of ether oxygens (including phenoxy) is 1. The van der Waals surface area contributed by atoms with Gasteiger partial charge in [-0.05, 0) is 12.8 Å². The summed E-state index contributed by atoms with van der Waals surface area (Å²) in [6, 6.07) is 0.